The fourth-order valence-corrected chi connectivity index (χ4v) is 11.6. The second-order valence-electron chi connectivity index (χ2n) is 26.0. The predicted octanol–water partition coefficient (Wildman–Crippen LogP) is 6.46. The van der Waals surface area contributed by atoms with Gasteiger partial charge in [-0.15, -0.1) is 0 Å². The molecule has 1 fully saturated rings. The van der Waals surface area contributed by atoms with E-state index in [0.29, 0.717) is 37.1 Å². The van der Waals surface area contributed by atoms with Crippen LogP contribution in [-0.2, 0) is 96.1 Å². The number of amides is 4. The Balaban J connectivity index is 1.60. The molecular weight excluding hydrogens is 1150 g/mol. The van der Waals surface area contributed by atoms with Crippen LogP contribution in [0.25, 0.3) is 0 Å². The highest BCUT2D eigenvalue weighted by molar-refractivity contribution is 5.94. The SMILES string of the molecule is Cc1nn(Cc2ccc(C[C@H]3OC(=O)[C@H](CC(C)C)N(C)C(=O)[C@@H](C)OC(=O)[C@H](CC(C)C)N(C)C(=O)[C@@H](Cc4cccc(Cn5nc(C)c(CCO)c5C)c4)OC(=O)[C@H](CC(C)C)N(C)C(=O)[C@@H](C)OC(=O)[C@H](CC(C)C)N(C)C3=O)cc2)c(C)c1CCO. The number of esters is 4. The topological polar surface area (TPSA) is 263 Å². The van der Waals surface area contributed by atoms with Crippen molar-refractivity contribution in [1.82, 2.24) is 39.2 Å². The maximum absolute atomic E-state index is 15.2. The van der Waals surface area contributed by atoms with Gasteiger partial charge in [0.2, 0.25) is 0 Å². The quantitative estimate of drug-likeness (QED) is 0.0711. The smallest absolute Gasteiger partial charge is 0.329 e. The van der Waals surface area contributed by atoms with E-state index in [9.17, 15) is 39.0 Å². The molecule has 2 aromatic heterocycles. The molecule has 0 saturated carbocycles. The Kier molecular flexibility index (Phi) is 26.9. The van der Waals surface area contributed by atoms with Crippen LogP contribution in [0.15, 0.2) is 48.5 Å². The van der Waals surface area contributed by atoms with Crippen LogP contribution in [0.4, 0.5) is 0 Å². The number of benzene rings is 2. The highest BCUT2D eigenvalue weighted by atomic mass is 16.6. The lowest BCUT2D eigenvalue weighted by Gasteiger charge is -2.35. The summed E-state index contributed by atoms with van der Waals surface area (Å²) >= 11 is 0. The first-order valence-electron chi connectivity index (χ1n) is 31.6. The monoisotopic (exact) mass is 1250 g/mol. The van der Waals surface area contributed by atoms with Crippen LogP contribution >= 0.6 is 0 Å². The van der Waals surface area contributed by atoms with Crippen molar-refractivity contribution in [1.29, 1.82) is 0 Å². The molecule has 2 N–H and O–H groups in total. The van der Waals surface area contributed by atoms with Crippen molar-refractivity contribution in [3.8, 4) is 0 Å². The highest BCUT2D eigenvalue weighted by Crippen LogP contribution is 2.26. The second-order valence-corrected chi connectivity index (χ2v) is 26.0. The molecule has 5 rings (SSSR count). The minimum atomic E-state index is -1.58. The van der Waals surface area contributed by atoms with Crippen molar-refractivity contribution in [3.63, 3.8) is 0 Å². The van der Waals surface area contributed by atoms with E-state index in [1.54, 1.807) is 24.3 Å². The van der Waals surface area contributed by atoms with Crippen molar-refractivity contribution in [2.24, 2.45) is 23.7 Å². The number of aromatic nitrogens is 4. The number of rotatable bonds is 20. The van der Waals surface area contributed by atoms with Crippen molar-refractivity contribution in [3.05, 3.63) is 105 Å². The molecule has 0 unspecified atom stereocenters. The molecule has 0 bridgehead atoms. The Morgan fingerprint density at radius 2 is 0.744 bits per heavy atom. The van der Waals surface area contributed by atoms with Crippen molar-refractivity contribution in [2.75, 3.05) is 41.4 Å². The first-order valence-corrected chi connectivity index (χ1v) is 31.6. The first kappa shape index (κ1) is 73.3. The van der Waals surface area contributed by atoms with Gasteiger partial charge < -0.3 is 48.8 Å². The van der Waals surface area contributed by atoms with Gasteiger partial charge in [0.15, 0.2) is 24.4 Å². The maximum Gasteiger partial charge on any atom is 0.329 e. The van der Waals surface area contributed by atoms with Gasteiger partial charge in [-0.1, -0.05) is 104 Å². The summed E-state index contributed by atoms with van der Waals surface area (Å²) in [6, 6.07) is 9.38. The standard InChI is InChI=1S/C68H100N8O14/c1-39(2)30-55-65(83)87-48(14)62(80)72(16)58(33-42(7)8)68(86)90-60(36-51-20-19-21-52(34-51)38-76-46(12)54(27-29-78)44(10)70-76)64(82)74(18)56(31-40(3)4)66(84)88-47(13)61(79)71(15)57(32-41(5)6)67(85)89-59(63(81)73(55)17)35-49-22-24-50(25-23-49)37-75-45(11)53(26-28-77)43(9)69-75/h19-25,34,39-42,47-48,55-60,77-78H,26-33,35-38H2,1-18H3/t47-,48-,55+,56+,57+,58+,59-,60-/m1/s1. The molecule has 8 atom stereocenters. The number of hydrogen-bond donors (Lipinski definition) is 2. The van der Waals surface area contributed by atoms with Crippen LogP contribution in [0.2, 0.25) is 0 Å². The summed E-state index contributed by atoms with van der Waals surface area (Å²) in [5.41, 5.74) is 8.17. The predicted molar refractivity (Wildman–Crippen MR) is 338 cm³/mol. The Labute approximate surface area is 531 Å². The van der Waals surface area contributed by atoms with Gasteiger partial charge in [-0.3, -0.25) is 28.5 Å². The van der Waals surface area contributed by atoms with Gasteiger partial charge in [0.1, 0.15) is 24.2 Å². The number of carbonyl (C=O) groups excluding carboxylic acids is 8. The highest BCUT2D eigenvalue weighted by Gasteiger charge is 2.43. The van der Waals surface area contributed by atoms with Gasteiger partial charge in [0.25, 0.3) is 23.6 Å². The number of hydrogen-bond acceptors (Lipinski definition) is 16. The molecule has 22 nitrogen and oxygen atoms in total. The first-order chi connectivity index (χ1) is 42.3. The molecule has 1 saturated heterocycles. The molecule has 1 aliphatic rings. The molecule has 22 heteroatoms. The number of aliphatic hydroxyl groups is 2. The molecule has 2 aromatic carbocycles. The van der Waals surface area contributed by atoms with Gasteiger partial charge in [-0.25, -0.2) is 19.2 Å². The molecular formula is C68H100N8O14. The minimum absolute atomic E-state index is 0.0138. The van der Waals surface area contributed by atoms with E-state index in [1.807, 2.05) is 117 Å². The fraction of sp³-hybridized carbons (Fsp3) is 0.618. The van der Waals surface area contributed by atoms with E-state index >= 15 is 9.59 Å². The molecule has 0 aliphatic carbocycles. The summed E-state index contributed by atoms with van der Waals surface area (Å²) < 4.78 is 28.1. The summed E-state index contributed by atoms with van der Waals surface area (Å²) in [5.74, 6) is -7.70. The Morgan fingerprint density at radius 3 is 1.10 bits per heavy atom. The minimum Gasteiger partial charge on any atom is -0.451 e. The molecule has 0 spiro atoms. The summed E-state index contributed by atoms with van der Waals surface area (Å²) in [4.78, 5) is 123. The molecule has 496 valence electrons. The van der Waals surface area contributed by atoms with Crippen LogP contribution in [-0.4, -0.2) is 187 Å². The lowest BCUT2D eigenvalue weighted by atomic mass is 9.99. The third-order valence-corrected chi connectivity index (χ3v) is 16.8. The van der Waals surface area contributed by atoms with Gasteiger partial charge >= 0.3 is 23.9 Å². The Bertz CT molecular complexity index is 3110. The van der Waals surface area contributed by atoms with Crippen molar-refractivity contribution in [2.45, 2.75) is 210 Å². The molecule has 4 aromatic rings. The fourth-order valence-electron chi connectivity index (χ4n) is 11.6. The van der Waals surface area contributed by atoms with Crippen LogP contribution in [0.1, 0.15) is 151 Å². The molecule has 4 amide bonds. The lowest BCUT2D eigenvalue weighted by Crippen LogP contribution is -2.55. The Hall–Kier alpha value is -7.46. The number of cyclic esters (lactones) is 4. The number of ether oxygens (including phenoxy) is 4. The van der Waals surface area contributed by atoms with Crippen molar-refractivity contribution < 1.29 is 67.5 Å². The van der Waals surface area contributed by atoms with E-state index < -0.39 is 96.1 Å². The Morgan fingerprint density at radius 1 is 0.433 bits per heavy atom. The molecule has 90 heavy (non-hydrogen) atoms. The third-order valence-electron chi connectivity index (χ3n) is 16.8. The number of aryl methyl sites for hydroxylation is 2. The second kappa shape index (κ2) is 33.0. The van der Waals surface area contributed by atoms with Gasteiger partial charge in [-0.2, -0.15) is 10.2 Å². The maximum atomic E-state index is 15.2. The molecule has 1 aliphatic heterocycles. The van der Waals surface area contributed by atoms with Crippen LogP contribution < -0.4 is 0 Å². The average Bonchev–Trinajstić information content (AvgIpc) is 1.38. The largest absolute Gasteiger partial charge is 0.451 e. The van der Waals surface area contributed by atoms with Crippen LogP contribution in [0.3, 0.4) is 0 Å². The van der Waals surface area contributed by atoms with E-state index in [1.165, 1.54) is 42.0 Å². The van der Waals surface area contributed by atoms with E-state index in [2.05, 4.69) is 5.10 Å². The van der Waals surface area contributed by atoms with Crippen LogP contribution in [0.5, 0.6) is 0 Å². The summed E-state index contributed by atoms with van der Waals surface area (Å²) in [5, 5.41) is 28.8. The average molecular weight is 1250 g/mol. The zero-order chi connectivity index (χ0) is 67.2. The number of likely N-dealkylation sites (N-methyl/N-ethyl adjacent to an activating group) is 4. The third kappa shape index (κ3) is 19.3. The molecule has 3 heterocycles. The van der Waals surface area contributed by atoms with E-state index in [-0.39, 0.29) is 75.4 Å². The van der Waals surface area contributed by atoms with Crippen LogP contribution in [0, 0.1) is 51.4 Å². The zero-order valence-electron chi connectivity index (χ0n) is 56.4. The normalized spacial score (nSPS) is 22.0. The van der Waals surface area contributed by atoms with E-state index in [4.69, 9.17) is 24.0 Å². The lowest BCUT2D eigenvalue weighted by molar-refractivity contribution is -0.176. The van der Waals surface area contributed by atoms with Gasteiger partial charge in [0.05, 0.1) is 24.5 Å². The number of carbonyl (C=O) groups is 8. The summed E-state index contributed by atoms with van der Waals surface area (Å²) in [6.07, 6.45) is -5.38. The summed E-state index contributed by atoms with van der Waals surface area (Å²) in [7, 11) is 5.54. The number of nitrogens with zero attached hydrogens (tertiary/aromatic N) is 8. The van der Waals surface area contributed by atoms with Gasteiger partial charge in [-0.05, 0) is 137 Å². The van der Waals surface area contributed by atoms with Crippen molar-refractivity contribution >= 4 is 47.5 Å². The molecule has 0 radical (unpaired) electrons. The number of aliphatic hydroxyl groups excluding tert-OH is 2. The van der Waals surface area contributed by atoms with E-state index in [0.717, 1.165) is 64.6 Å². The van der Waals surface area contributed by atoms with Gasteiger partial charge in [0, 0.05) is 65.6 Å². The zero-order valence-corrected chi connectivity index (χ0v) is 56.4. The summed E-state index contributed by atoms with van der Waals surface area (Å²) in [6.45, 7) is 25.8.